The van der Waals surface area contributed by atoms with Crippen LogP contribution < -0.4 is 11.1 Å². The molecule has 2 aromatic heterocycles. The van der Waals surface area contributed by atoms with Gasteiger partial charge < -0.3 is 11.1 Å². The van der Waals surface area contributed by atoms with E-state index in [-0.39, 0.29) is 5.91 Å². The molecule has 2 aromatic rings. The van der Waals surface area contributed by atoms with E-state index in [1.165, 1.54) is 0 Å². The summed E-state index contributed by atoms with van der Waals surface area (Å²) in [7, 11) is 0. The largest absolute Gasteiger partial charge is 0.347 e. The smallest absolute Gasteiger partial charge is 0.237 e. The predicted molar refractivity (Wildman–Crippen MR) is 63.1 cm³/mol. The molecular weight excluding hydrogens is 218 g/mol. The molecule has 17 heavy (non-hydrogen) atoms. The Hall–Kier alpha value is -1.95. The standard InChI is InChI=1S/C11H15N5O/c1-2-8(12)11(17)13-7-10-15-14-9-5-3-4-6-16(9)10/h3-6,8H,2,7,12H2,1H3,(H,13,17)/t8-/m1/s1. The van der Waals surface area contributed by atoms with Crippen molar-refractivity contribution in [3.63, 3.8) is 0 Å². The molecule has 2 heterocycles. The van der Waals surface area contributed by atoms with Crippen molar-refractivity contribution < 1.29 is 4.79 Å². The first-order valence-electron chi connectivity index (χ1n) is 5.54. The minimum Gasteiger partial charge on any atom is -0.347 e. The molecule has 0 bridgehead atoms. The average Bonchev–Trinajstić information content (AvgIpc) is 2.78. The van der Waals surface area contributed by atoms with Crippen LogP contribution in [0.3, 0.4) is 0 Å². The fourth-order valence-electron chi connectivity index (χ4n) is 1.49. The summed E-state index contributed by atoms with van der Waals surface area (Å²) < 4.78 is 1.83. The summed E-state index contributed by atoms with van der Waals surface area (Å²) in [6, 6.07) is 5.17. The van der Waals surface area contributed by atoms with E-state index in [0.717, 1.165) is 5.65 Å². The van der Waals surface area contributed by atoms with E-state index in [2.05, 4.69) is 15.5 Å². The maximum atomic E-state index is 11.5. The summed E-state index contributed by atoms with van der Waals surface area (Å²) in [5, 5.41) is 10.7. The number of carbonyl (C=O) groups excluding carboxylic acids is 1. The van der Waals surface area contributed by atoms with Crippen molar-refractivity contribution in [1.82, 2.24) is 19.9 Å². The van der Waals surface area contributed by atoms with Gasteiger partial charge in [0.1, 0.15) is 0 Å². The van der Waals surface area contributed by atoms with Gasteiger partial charge in [0.2, 0.25) is 5.91 Å². The molecule has 0 radical (unpaired) electrons. The highest BCUT2D eigenvalue weighted by Gasteiger charge is 2.11. The van der Waals surface area contributed by atoms with Gasteiger partial charge in [0.25, 0.3) is 0 Å². The lowest BCUT2D eigenvalue weighted by Crippen LogP contribution is -2.39. The zero-order valence-corrected chi connectivity index (χ0v) is 9.63. The highest BCUT2D eigenvalue weighted by atomic mass is 16.2. The molecule has 6 nitrogen and oxygen atoms in total. The Morgan fingerprint density at radius 1 is 1.53 bits per heavy atom. The normalized spacial score (nSPS) is 12.6. The summed E-state index contributed by atoms with van der Waals surface area (Å²) >= 11 is 0. The molecule has 6 heteroatoms. The lowest BCUT2D eigenvalue weighted by atomic mass is 10.2. The topological polar surface area (TPSA) is 85.3 Å². The molecule has 90 valence electrons. The van der Waals surface area contributed by atoms with Crippen molar-refractivity contribution in [2.24, 2.45) is 5.73 Å². The van der Waals surface area contributed by atoms with Crippen LogP contribution in [0.2, 0.25) is 0 Å². The zero-order chi connectivity index (χ0) is 12.3. The van der Waals surface area contributed by atoms with Crippen molar-refractivity contribution in [3.8, 4) is 0 Å². The van der Waals surface area contributed by atoms with Crippen molar-refractivity contribution in [1.29, 1.82) is 0 Å². The Morgan fingerprint density at radius 3 is 3.12 bits per heavy atom. The molecule has 0 aliphatic heterocycles. The molecule has 0 unspecified atom stereocenters. The molecule has 0 saturated heterocycles. The molecule has 2 rings (SSSR count). The monoisotopic (exact) mass is 233 g/mol. The minimum absolute atomic E-state index is 0.166. The highest BCUT2D eigenvalue weighted by molar-refractivity contribution is 5.81. The molecule has 3 N–H and O–H groups in total. The number of fused-ring (bicyclic) bond motifs is 1. The van der Waals surface area contributed by atoms with Crippen LogP contribution in [-0.2, 0) is 11.3 Å². The fraction of sp³-hybridized carbons (Fsp3) is 0.364. The molecule has 0 saturated carbocycles. The first-order valence-corrected chi connectivity index (χ1v) is 5.54. The maximum absolute atomic E-state index is 11.5. The Bertz CT molecular complexity index is 521. The molecule has 0 aliphatic carbocycles. The molecule has 0 spiro atoms. The lowest BCUT2D eigenvalue weighted by Gasteiger charge is -2.08. The van der Waals surface area contributed by atoms with Crippen molar-refractivity contribution >= 4 is 11.6 Å². The Balaban J connectivity index is 2.07. The van der Waals surface area contributed by atoms with Crippen LogP contribution in [0.25, 0.3) is 5.65 Å². The number of hydrogen-bond acceptors (Lipinski definition) is 4. The van der Waals surface area contributed by atoms with Crippen LogP contribution >= 0.6 is 0 Å². The third-order valence-corrected chi connectivity index (χ3v) is 2.58. The number of rotatable bonds is 4. The van der Waals surface area contributed by atoms with Gasteiger partial charge in [-0.3, -0.25) is 9.20 Å². The second-order valence-corrected chi connectivity index (χ2v) is 3.78. The zero-order valence-electron chi connectivity index (χ0n) is 9.63. The molecule has 1 atom stereocenters. The van der Waals surface area contributed by atoms with E-state index in [4.69, 9.17) is 5.73 Å². The van der Waals surface area contributed by atoms with Gasteiger partial charge in [0.15, 0.2) is 11.5 Å². The number of nitrogens with two attached hydrogens (primary N) is 1. The predicted octanol–water partition coefficient (Wildman–Crippen LogP) is 0.0828. The van der Waals surface area contributed by atoms with Gasteiger partial charge in [0, 0.05) is 6.20 Å². The second-order valence-electron chi connectivity index (χ2n) is 3.78. The summed E-state index contributed by atoms with van der Waals surface area (Å²) in [5.41, 5.74) is 6.37. The Labute approximate surface area is 98.8 Å². The number of nitrogens with one attached hydrogen (secondary N) is 1. The van der Waals surface area contributed by atoms with Gasteiger partial charge in [-0.05, 0) is 18.6 Å². The number of carbonyl (C=O) groups is 1. The van der Waals surface area contributed by atoms with Crippen LogP contribution in [-0.4, -0.2) is 26.5 Å². The quantitative estimate of drug-likeness (QED) is 0.783. The van der Waals surface area contributed by atoms with Gasteiger partial charge in [0.05, 0.1) is 12.6 Å². The summed E-state index contributed by atoms with van der Waals surface area (Å²) in [5.74, 6) is 0.525. The van der Waals surface area contributed by atoms with Gasteiger partial charge >= 0.3 is 0 Å². The van der Waals surface area contributed by atoms with Gasteiger partial charge in [-0.15, -0.1) is 10.2 Å². The fourth-order valence-corrected chi connectivity index (χ4v) is 1.49. The van der Waals surface area contributed by atoms with Gasteiger partial charge in [-0.1, -0.05) is 13.0 Å². The number of aromatic nitrogens is 3. The van der Waals surface area contributed by atoms with Crippen LogP contribution in [0.5, 0.6) is 0 Å². The van der Waals surface area contributed by atoms with E-state index >= 15 is 0 Å². The first kappa shape index (κ1) is 11.5. The second kappa shape index (κ2) is 4.92. The van der Waals surface area contributed by atoms with Crippen molar-refractivity contribution in [2.75, 3.05) is 0 Å². The summed E-state index contributed by atoms with van der Waals surface area (Å²) in [6.45, 7) is 2.20. The van der Waals surface area contributed by atoms with Gasteiger partial charge in [-0.2, -0.15) is 0 Å². The molecule has 0 fully saturated rings. The van der Waals surface area contributed by atoms with E-state index in [1.807, 2.05) is 35.7 Å². The summed E-state index contributed by atoms with van der Waals surface area (Å²) in [4.78, 5) is 11.5. The van der Waals surface area contributed by atoms with Crippen LogP contribution in [0.1, 0.15) is 19.2 Å². The van der Waals surface area contributed by atoms with E-state index in [0.29, 0.717) is 18.8 Å². The third-order valence-electron chi connectivity index (χ3n) is 2.58. The molecule has 1 amide bonds. The number of hydrogen-bond donors (Lipinski definition) is 2. The Morgan fingerprint density at radius 2 is 2.35 bits per heavy atom. The average molecular weight is 233 g/mol. The van der Waals surface area contributed by atoms with Crippen LogP contribution in [0, 0.1) is 0 Å². The van der Waals surface area contributed by atoms with Crippen molar-refractivity contribution in [3.05, 3.63) is 30.2 Å². The van der Waals surface area contributed by atoms with Gasteiger partial charge in [-0.25, -0.2) is 0 Å². The molecule has 0 aliphatic rings. The Kier molecular flexibility index (Phi) is 3.34. The minimum atomic E-state index is -0.464. The van der Waals surface area contributed by atoms with Crippen molar-refractivity contribution in [2.45, 2.75) is 25.9 Å². The maximum Gasteiger partial charge on any atom is 0.237 e. The van der Waals surface area contributed by atoms with E-state index in [1.54, 1.807) is 0 Å². The number of pyridine rings is 1. The highest BCUT2D eigenvalue weighted by Crippen LogP contribution is 2.02. The van der Waals surface area contributed by atoms with Crippen LogP contribution in [0.15, 0.2) is 24.4 Å². The number of nitrogens with zero attached hydrogens (tertiary/aromatic N) is 3. The van der Waals surface area contributed by atoms with E-state index < -0.39 is 6.04 Å². The number of amides is 1. The first-order chi connectivity index (χ1) is 8.22. The molecule has 0 aromatic carbocycles. The summed E-state index contributed by atoms with van der Waals surface area (Å²) in [6.07, 6.45) is 2.48. The lowest BCUT2D eigenvalue weighted by molar-refractivity contribution is -0.122. The third kappa shape index (κ3) is 2.42. The SMILES string of the molecule is CC[C@@H](N)C(=O)NCc1nnc2ccccn12. The van der Waals surface area contributed by atoms with E-state index in [9.17, 15) is 4.79 Å². The molecular formula is C11H15N5O. The van der Waals surface area contributed by atoms with Crippen LogP contribution in [0.4, 0.5) is 0 Å².